The van der Waals surface area contributed by atoms with E-state index in [9.17, 15) is 0 Å². The van der Waals surface area contributed by atoms with Gasteiger partial charge in [0.25, 0.3) is 0 Å². The van der Waals surface area contributed by atoms with Crippen LogP contribution in [0.5, 0.6) is 0 Å². The molecule has 0 aliphatic carbocycles. The summed E-state index contributed by atoms with van der Waals surface area (Å²) in [5.41, 5.74) is 0. The van der Waals surface area contributed by atoms with Gasteiger partial charge in [0.15, 0.2) is 6.19 Å². The molecule has 1 N–H and O–H groups in total. The normalized spacial score (nSPS) is 15.2. The predicted molar refractivity (Wildman–Crippen MR) is 47.0 cm³/mol. The summed E-state index contributed by atoms with van der Waals surface area (Å²) < 4.78 is 1.82. The Labute approximate surface area is 75.7 Å². The summed E-state index contributed by atoms with van der Waals surface area (Å²) in [5.74, 6) is 1.53. The van der Waals surface area contributed by atoms with Crippen molar-refractivity contribution in [2.24, 2.45) is 4.99 Å². The van der Waals surface area contributed by atoms with E-state index in [2.05, 4.69) is 15.3 Å². The van der Waals surface area contributed by atoms with E-state index in [-0.39, 0.29) is 0 Å². The molecule has 0 saturated carbocycles. The second kappa shape index (κ2) is 3.27. The minimum atomic E-state index is 0.576. The van der Waals surface area contributed by atoms with Crippen LogP contribution < -0.4 is 5.32 Å². The van der Waals surface area contributed by atoms with Crippen LogP contribution in [-0.2, 0) is 6.42 Å². The van der Waals surface area contributed by atoms with Gasteiger partial charge >= 0.3 is 0 Å². The van der Waals surface area contributed by atoms with Crippen molar-refractivity contribution < 1.29 is 0 Å². The Morgan fingerprint density at radius 3 is 3.38 bits per heavy atom. The van der Waals surface area contributed by atoms with Gasteiger partial charge in [0.1, 0.15) is 5.82 Å². The van der Waals surface area contributed by atoms with E-state index in [1.54, 1.807) is 6.20 Å². The molecule has 5 heteroatoms. The number of nitriles is 1. The van der Waals surface area contributed by atoms with Crippen LogP contribution in [0.2, 0.25) is 0 Å². The number of rotatable bonds is 0. The molecule has 5 nitrogen and oxygen atoms in total. The van der Waals surface area contributed by atoms with E-state index in [4.69, 9.17) is 5.26 Å². The summed E-state index contributed by atoms with van der Waals surface area (Å²) in [4.78, 5) is 8.41. The van der Waals surface area contributed by atoms with Crippen molar-refractivity contribution >= 4 is 5.96 Å². The summed E-state index contributed by atoms with van der Waals surface area (Å²) in [6.07, 6.45) is 7.28. The van der Waals surface area contributed by atoms with E-state index in [0.717, 1.165) is 25.2 Å². The SMILES string of the molecule is N#CNC1=NCCCc2nccn21. The Morgan fingerprint density at radius 2 is 2.54 bits per heavy atom. The standard InChI is InChI=1S/C8H9N5/c9-6-12-8-11-3-1-2-7-10-4-5-13(7)8/h4-5H,1-3H2,(H,11,12). The van der Waals surface area contributed by atoms with Crippen molar-refractivity contribution in [1.82, 2.24) is 14.9 Å². The highest BCUT2D eigenvalue weighted by atomic mass is 15.2. The third-order valence-electron chi connectivity index (χ3n) is 1.93. The topological polar surface area (TPSA) is 66.0 Å². The fourth-order valence-corrected chi connectivity index (χ4v) is 1.36. The quantitative estimate of drug-likeness (QED) is 0.449. The van der Waals surface area contributed by atoms with Crippen LogP contribution in [0.1, 0.15) is 12.2 Å². The first-order valence-corrected chi connectivity index (χ1v) is 4.14. The summed E-state index contributed by atoms with van der Waals surface area (Å²) >= 11 is 0. The van der Waals surface area contributed by atoms with Crippen LogP contribution in [0, 0.1) is 11.5 Å². The summed E-state index contributed by atoms with van der Waals surface area (Å²) in [6.45, 7) is 0.743. The van der Waals surface area contributed by atoms with E-state index in [1.807, 2.05) is 17.0 Å². The monoisotopic (exact) mass is 175 g/mol. The van der Waals surface area contributed by atoms with Gasteiger partial charge in [-0.1, -0.05) is 0 Å². The van der Waals surface area contributed by atoms with Crippen molar-refractivity contribution in [3.8, 4) is 6.19 Å². The summed E-state index contributed by atoms with van der Waals surface area (Å²) in [7, 11) is 0. The molecule has 13 heavy (non-hydrogen) atoms. The van der Waals surface area contributed by atoms with Crippen molar-refractivity contribution in [3.63, 3.8) is 0 Å². The number of fused-ring (bicyclic) bond motifs is 1. The zero-order chi connectivity index (χ0) is 9.10. The second-order valence-corrected chi connectivity index (χ2v) is 2.76. The summed E-state index contributed by atoms with van der Waals surface area (Å²) in [6, 6.07) is 0. The lowest BCUT2D eigenvalue weighted by Crippen LogP contribution is -2.26. The molecule has 66 valence electrons. The molecule has 1 aliphatic rings. The van der Waals surface area contributed by atoms with E-state index < -0.39 is 0 Å². The fraction of sp³-hybridized carbons (Fsp3) is 0.375. The molecule has 0 radical (unpaired) electrons. The lowest BCUT2D eigenvalue weighted by molar-refractivity contribution is 0.804. The highest BCUT2D eigenvalue weighted by molar-refractivity contribution is 5.84. The van der Waals surface area contributed by atoms with Gasteiger partial charge in [0.2, 0.25) is 5.96 Å². The third kappa shape index (κ3) is 1.38. The molecule has 0 aromatic carbocycles. The molecule has 0 spiro atoms. The molecular formula is C8H9N5. The minimum Gasteiger partial charge on any atom is -0.273 e. The first kappa shape index (κ1) is 7.80. The Kier molecular flexibility index (Phi) is 1.96. The lowest BCUT2D eigenvalue weighted by atomic mass is 10.3. The smallest absolute Gasteiger partial charge is 0.217 e. The number of imidazole rings is 1. The first-order valence-electron chi connectivity index (χ1n) is 4.14. The van der Waals surface area contributed by atoms with E-state index >= 15 is 0 Å². The van der Waals surface area contributed by atoms with Crippen LogP contribution >= 0.6 is 0 Å². The van der Waals surface area contributed by atoms with Crippen molar-refractivity contribution in [1.29, 1.82) is 5.26 Å². The minimum absolute atomic E-state index is 0.576. The molecular weight excluding hydrogens is 166 g/mol. The van der Waals surface area contributed by atoms with Crippen LogP contribution in [0.3, 0.4) is 0 Å². The van der Waals surface area contributed by atoms with Gasteiger partial charge in [-0.05, 0) is 6.42 Å². The average Bonchev–Trinajstić information content (AvgIpc) is 2.52. The number of nitrogens with one attached hydrogen (secondary N) is 1. The largest absolute Gasteiger partial charge is 0.273 e. The number of hydrogen-bond acceptors (Lipinski definition) is 4. The molecule has 0 saturated heterocycles. The van der Waals surface area contributed by atoms with Crippen LogP contribution in [-0.4, -0.2) is 22.1 Å². The van der Waals surface area contributed by atoms with Gasteiger partial charge in [0.05, 0.1) is 0 Å². The molecule has 0 bridgehead atoms. The molecule has 0 amide bonds. The highest BCUT2D eigenvalue weighted by Crippen LogP contribution is 2.05. The van der Waals surface area contributed by atoms with Crippen LogP contribution in [0.15, 0.2) is 17.4 Å². The first-order chi connectivity index (χ1) is 6.42. The Bertz CT molecular complexity index is 370. The van der Waals surface area contributed by atoms with Crippen molar-refractivity contribution in [2.75, 3.05) is 6.54 Å². The molecule has 0 atom stereocenters. The molecule has 1 aromatic rings. The molecule has 2 rings (SSSR count). The maximum absolute atomic E-state index is 8.50. The zero-order valence-corrected chi connectivity index (χ0v) is 7.06. The van der Waals surface area contributed by atoms with Gasteiger partial charge in [-0.2, -0.15) is 5.26 Å². The molecule has 1 aromatic heterocycles. The maximum Gasteiger partial charge on any atom is 0.217 e. The number of aromatic nitrogens is 2. The van der Waals surface area contributed by atoms with Gasteiger partial charge in [0, 0.05) is 25.4 Å². The number of nitrogens with zero attached hydrogens (tertiary/aromatic N) is 4. The van der Waals surface area contributed by atoms with Gasteiger partial charge < -0.3 is 0 Å². The Balaban J connectivity index is 2.38. The van der Waals surface area contributed by atoms with Crippen molar-refractivity contribution in [2.45, 2.75) is 12.8 Å². The number of aryl methyl sites for hydroxylation is 1. The third-order valence-corrected chi connectivity index (χ3v) is 1.93. The van der Waals surface area contributed by atoms with Gasteiger partial charge in [-0.25, -0.2) is 4.98 Å². The fourth-order valence-electron chi connectivity index (χ4n) is 1.36. The maximum atomic E-state index is 8.50. The molecule has 0 fully saturated rings. The van der Waals surface area contributed by atoms with E-state index in [1.165, 1.54) is 0 Å². The predicted octanol–water partition coefficient (Wildman–Crippen LogP) is 0.104. The van der Waals surface area contributed by atoms with Crippen LogP contribution in [0.25, 0.3) is 0 Å². The molecule has 2 heterocycles. The van der Waals surface area contributed by atoms with Gasteiger partial charge in [-0.3, -0.25) is 14.9 Å². The molecule has 1 aliphatic heterocycles. The Morgan fingerprint density at radius 1 is 1.62 bits per heavy atom. The number of aliphatic imine (C=N–C) groups is 1. The molecule has 0 unspecified atom stereocenters. The van der Waals surface area contributed by atoms with Crippen molar-refractivity contribution in [3.05, 3.63) is 18.2 Å². The number of hydrogen-bond donors (Lipinski definition) is 1. The second-order valence-electron chi connectivity index (χ2n) is 2.76. The van der Waals surface area contributed by atoms with Crippen LogP contribution in [0.4, 0.5) is 0 Å². The lowest BCUT2D eigenvalue weighted by Gasteiger charge is -2.04. The Hall–Kier alpha value is -1.83. The average molecular weight is 175 g/mol. The summed E-state index contributed by atoms with van der Waals surface area (Å²) in [5, 5.41) is 11.0. The zero-order valence-electron chi connectivity index (χ0n) is 7.06. The van der Waals surface area contributed by atoms with E-state index in [0.29, 0.717) is 5.96 Å². The highest BCUT2D eigenvalue weighted by Gasteiger charge is 2.11. The van der Waals surface area contributed by atoms with Gasteiger partial charge in [-0.15, -0.1) is 0 Å².